The zero-order valence-corrected chi connectivity index (χ0v) is 17.6. The first-order valence-corrected chi connectivity index (χ1v) is 10.3. The van der Waals surface area contributed by atoms with Crippen LogP contribution in [0.1, 0.15) is 33.6 Å². The molecule has 4 heterocycles. The summed E-state index contributed by atoms with van der Waals surface area (Å²) in [7, 11) is 1.87. The van der Waals surface area contributed by atoms with E-state index in [4.69, 9.17) is 14.5 Å². The molecule has 1 amide bonds. The fourth-order valence-electron chi connectivity index (χ4n) is 4.33. The Morgan fingerprint density at radius 1 is 1.23 bits per heavy atom. The summed E-state index contributed by atoms with van der Waals surface area (Å²) >= 11 is 0. The first-order valence-electron chi connectivity index (χ1n) is 10.3. The number of aromatic nitrogens is 5. The Morgan fingerprint density at radius 2 is 2.07 bits per heavy atom. The lowest BCUT2D eigenvalue weighted by atomic mass is 9.77. The maximum absolute atomic E-state index is 12.5. The normalized spacial score (nSPS) is 23.3. The van der Waals surface area contributed by atoms with Crippen LogP contribution in [-0.4, -0.2) is 59.7 Å². The van der Waals surface area contributed by atoms with E-state index in [1.165, 1.54) is 0 Å². The second-order valence-electron chi connectivity index (χ2n) is 9.08. The third-order valence-corrected chi connectivity index (χ3v) is 5.80. The monoisotopic (exact) mass is 410 g/mol. The number of nitrogens with zero attached hydrogens (tertiary/aromatic N) is 6. The lowest BCUT2D eigenvalue weighted by molar-refractivity contribution is -0.0229. The van der Waals surface area contributed by atoms with Crippen LogP contribution in [0.2, 0.25) is 0 Å². The number of hydrogen-bond acceptors (Lipinski definition) is 6. The standard InChI is InChI=1S/C21H26N6O3/c1-21(2,3)30-20(28)26-8-6-14-17(26)9-18(14)29-19-16-5-7-22-27(16)12-15(24-19)13-10-23-25(4)11-13/h5,7,10-12,14,17-18H,6,8-9H2,1-4H3. The Hall–Kier alpha value is -3.10. The van der Waals surface area contributed by atoms with Gasteiger partial charge in [0.25, 0.3) is 0 Å². The van der Waals surface area contributed by atoms with Crippen molar-refractivity contribution < 1.29 is 14.3 Å². The van der Waals surface area contributed by atoms with Gasteiger partial charge in [0.2, 0.25) is 5.88 Å². The van der Waals surface area contributed by atoms with E-state index in [0.29, 0.717) is 18.3 Å². The van der Waals surface area contributed by atoms with E-state index in [9.17, 15) is 4.79 Å². The minimum atomic E-state index is -0.487. The van der Waals surface area contributed by atoms with Crippen molar-refractivity contribution >= 4 is 11.6 Å². The molecule has 3 aromatic heterocycles. The van der Waals surface area contributed by atoms with E-state index in [2.05, 4.69) is 10.2 Å². The summed E-state index contributed by atoms with van der Waals surface area (Å²) in [5.74, 6) is 0.859. The van der Waals surface area contributed by atoms with Crippen molar-refractivity contribution in [3.63, 3.8) is 0 Å². The summed E-state index contributed by atoms with van der Waals surface area (Å²) in [5.41, 5.74) is 2.00. The molecule has 2 fully saturated rings. The number of carbonyl (C=O) groups excluding carboxylic acids is 1. The predicted octanol–water partition coefficient (Wildman–Crippen LogP) is 2.91. The average Bonchev–Trinajstić information content (AvgIpc) is 3.36. The first-order chi connectivity index (χ1) is 14.3. The minimum absolute atomic E-state index is 0.0257. The van der Waals surface area contributed by atoms with Crippen molar-refractivity contribution in [2.24, 2.45) is 13.0 Å². The molecule has 0 spiro atoms. The highest BCUT2D eigenvalue weighted by Gasteiger charge is 2.52. The van der Waals surface area contributed by atoms with Crippen LogP contribution in [0.25, 0.3) is 16.8 Å². The van der Waals surface area contributed by atoms with Crippen molar-refractivity contribution in [1.82, 2.24) is 29.3 Å². The van der Waals surface area contributed by atoms with E-state index in [0.717, 1.165) is 29.6 Å². The summed E-state index contributed by atoms with van der Waals surface area (Å²) < 4.78 is 15.4. The van der Waals surface area contributed by atoms with Crippen molar-refractivity contribution in [3.8, 4) is 17.1 Å². The van der Waals surface area contributed by atoms with Crippen molar-refractivity contribution in [2.45, 2.75) is 51.4 Å². The van der Waals surface area contributed by atoms with Crippen molar-refractivity contribution in [3.05, 3.63) is 30.9 Å². The number of hydrogen-bond donors (Lipinski definition) is 0. The molecule has 1 saturated carbocycles. The number of amides is 1. The summed E-state index contributed by atoms with van der Waals surface area (Å²) in [5, 5.41) is 8.59. The van der Waals surface area contributed by atoms with Gasteiger partial charge < -0.3 is 14.4 Å². The molecule has 0 N–H and O–H groups in total. The molecule has 9 heteroatoms. The Balaban J connectivity index is 1.34. The molecule has 3 atom stereocenters. The quantitative estimate of drug-likeness (QED) is 0.660. The van der Waals surface area contributed by atoms with Crippen LogP contribution in [0.5, 0.6) is 5.88 Å². The number of ether oxygens (including phenoxy) is 2. The van der Waals surface area contributed by atoms with Crippen LogP contribution in [0.4, 0.5) is 4.79 Å². The molecule has 0 aromatic carbocycles. The Kier molecular flexibility index (Phi) is 4.23. The second kappa shape index (κ2) is 6.72. The van der Waals surface area contributed by atoms with Gasteiger partial charge in [-0.2, -0.15) is 10.2 Å². The zero-order valence-electron chi connectivity index (χ0n) is 17.6. The summed E-state index contributed by atoms with van der Waals surface area (Å²) in [4.78, 5) is 19.1. The van der Waals surface area contributed by atoms with E-state index < -0.39 is 5.60 Å². The number of likely N-dealkylation sites (tertiary alicyclic amines) is 1. The molecule has 0 bridgehead atoms. The lowest BCUT2D eigenvalue weighted by Crippen LogP contribution is -2.54. The van der Waals surface area contributed by atoms with E-state index in [-0.39, 0.29) is 18.2 Å². The van der Waals surface area contributed by atoms with Gasteiger partial charge in [-0.25, -0.2) is 14.3 Å². The molecule has 1 aliphatic carbocycles. The number of fused-ring (bicyclic) bond motifs is 2. The van der Waals surface area contributed by atoms with Gasteiger partial charge in [-0.15, -0.1) is 0 Å². The molecule has 1 aliphatic heterocycles. The largest absolute Gasteiger partial charge is 0.472 e. The van der Waals surface area contributed by atoms with Gasteiger partial charge in [-0.1, -0.05) is 0 Å². The number of carbonyl (C=O) groups is 1. The van der Waals surface area contributed by atoms with Crippen molar-refractivity contribution in [2.75, 3.05) is 6.54 Å². The average molecular weight is 410 g/mol. The van der Waals surface area contributed by atoms with Crippen LogP contribution in [0.15, 0.2) is 30.9 Å². The fraction of sp³-hybridized carbons (Fsp3) is 0.524. The smallest absolute Gasteiger partial charge is 0.410 e. The van der Waals surface area contributed by atoms with Gasteiger partial charge in [0.15, 0.2) is 0 Å². The Morgan fingerprint density at radius 3 is 2.80 bits per heavy atom. The minimum Gasteiger partial charge on any atom is -0.472 e. The molecule has 158 valence electrons. The molecule has 9 nitrogen and oxygen atoms in total. The van der Waals surface area contributed by atoms with E-state index >= 15 is 0 Å². The maximum atomic E-state index is 12.5. The molecule has 0 radical (unpaired) electrons. The summed E-state index contributed by atoms with van der Waals surface area (Å²) in [6, 6.07) is 2.07. The summed E-state index contributed by atoms with van der Waals surface area (Å²) in [6.07, 6.45) is 8.78. The molecule has 3 unspecified atom stereocenters. The Labute approximate surface area is 174 Å². The maximum Gasteiger partial charge on any atom is 0.410 e. The number of rotatable bonds is 3. The van der Waals surface area contributed by atoms with Gasteiger partial charge in [0.05, 0.1) is 24.3 Å². The number of aryl methyl sites for hydroxylation is 1. The Bertz CT molecular complexity index is 1100. The third kappa shape index (κ3) is 3.28. The highest BCUT2D eigenvalue weighted by atomic mass is 16.6. The highest BCUT2D eigenvalue weighted by Crippen LogP contribution is 2.43. The third-order valence-electron chi connectivity index (χ3n) is 5.80. The van der Waals surface area contributed by atoms with E-state index in [1.807, 2.05) is 51.2 Å². The molecule has 5 rings (SSSR count). The molecular weight excluding hydrogens is 384 g/mol. The van der Waals surface area contributed by atoms with Crippen LogP contribution in [0.3, 0.4) is 0 Å². The molecule has 1 saturated heterocycles. The molecule has 2 aliphatic rings. The van der Waals surface area contributed by atoms with Crippen LogP contribution in [0, 0.1) is 5.92 Å². The van der Waals surface area contributed by atoms with E-state index in [1.54, 1.807) is 21.6 Å². The van der Waals surface area contributed by atoms with Crippen molar-refractivity contribution in [1.29, 1.82) is 0 Å². The SMILES string of the molecule is Cn1cc(-c2cn3nccc3c(OC3CC4C3CCN4C(=O)OC(C)(C)C)n2)cn1. The van der Waals surface area contributed by atoms with Crippen LogP contribution in [-0.2, 0) is 11.8 Å². The van der Waals surface area contributed by atoms with Gasteiger partial charge in [0.1, 0.15) is 17.2 Å². The van der Waals surface area contributed by atoms with Gasteiger partial charge in [-0.3, -0.25) is 4.68 Å². The summed E-state index contributed by atoms with van der Waals surface area (Å²) in [6.45, 7) is 6.38. The van der Waals surface area contributed by atoms with Gasteiger partial charge in [0, 0.05) is 43.7 Å². The zero-order chi connectivity index (χ0) is 21.0. The molecule has 30 heavy (non-hydrogen) atoms. The second-order valence-corrected chi connectivity index (χ2v) is 9.08. The molecule has 3 aromatic rings. The predicted molar refractivity (Wildman–Crippen MR) is 109 cm³/mol. The molecular formula is C21H26N6O3. The topological polar surface area (TPSA) is 86.8 Å². The first kappa shape index (κ1) is 18.9. The highest BCUT2D eigenvalue weighted by molar-refractivity contribution is 5.69. The fourth-order valence-corrected chi connectivity index (χ4v) is 4.33. The lowest BCUT2D eigenvalue weighted by Gasteiger charge is -2.42. The van der Waals surface area contributed by atoms with Gasteiger partial charge >= 0.3 is 6.09 Å². The van der Waals surface area contributed by atoms with Crippen LogP contribution >= 0.6 is 0 Å². The van der Waals surface area contributed by atoms with Crippen LogP contribution < -0.4 is 4.74 Å². The van der Waals surface area contributed by atoms with Gasteiger partial charge in [-0.05, 0) is 33.3 Å².